The van der Waals surface area contributed by atoms with Gasteiger partial charge in [0, 0.05) is 10.7 Å². The van der Waals surface area contributed by atoms with E-state index < -0.39 is 5.91 Å². The van der Waals surface area contributed by atoms with Crippen molar-refractivity contribution in [2.45, 2.75) is 0 Å². The van der Waals surface area contributed by atoms with E-state index in [1.165, 1.54) is 6.20 Å². The van der Waals surface area contributed by atoms with Gasteiger partial charge in [0.15, 0.2) is 5.58 Å². The fourth-order valence-corrected chi connectivity index (χ4v) is 1.74. The first-order valence-electron chi connectivity index (χ1n) is 3.72. The number of aromatic nitrogens is 1. The quantitative estimate of drug-likeness (QED) is 0.803. The Morgan fingerprint density at radius 1 is 1.50 bits per heavy atom. The monoisotopic (exact) mass is 255 g/mol. The van der Waals surface area contributed by atoms with E-state index in [2.05, 4.69) is 20.9 Å². The van der Waals surface area contributed by atoms with E-state index >= 15 is 0 Å². The molecule has 0 aromatic carbocycles. The number of furan rings is 1. The molecule has 2 aromatic rings. The molecule has 0 fully saturated rings. The van der Waals surface area contributed by atoms with Gasteiger partial charge in [-0.15, -0.1) is 0 Å². The molecule has 72 valence electrons. The lowest BCUT2D eigenvalue weighted by molar-refractivity contribution is 0.0977. The molecule has 1 amide bonds. The van der Waals surface area contributed by atoms with Crippen molar-refractivity contribution in [3.63, 3.8) is 0 Å². The molecule has 2 rings (SSSR count). The molecule has 0 aliphatic carbocycles. The third-order valence-corrected chi connectivity index (χ3v) is 2.42. The van der Waals surface area contributed by atoms with E-state index in [1.54, 1.807) is 6.20 Å². The molecule has 0 radical (unpaired) electrons. The Morgan fingerprint density at radius 2 is 2.21 bits per heavy atom. The number of carbonyl (C=O) groups excluding carboxylic acids is 1. The van der Waals surface area contributed by atoms with Crippen LogP contribution in [0.25, 0.3) is 11.0 Å². The van der Waals surface area contributed by atoms with Gasteiger partial charge in [-0.05, 0) is 15.9 Å². The van der Waals surface area contributed by atoms with Crippen LogP contribution in [0.15, 0.2) is 21.3 Å². The SMILES string of the molecule is NC(=O)c1oc2cncc(Br)c2c1N. The topological polar surface area (TPSA) is 95.1 Å². The molecule has 0 saturated heterocycles. The number of amides is 1. The average molecular weight is 256 g/mol. The molecule has 0 spiro atoms. The maximum absolute atomic E-state index is 10.9. The first-order valence-corrected chi connectivity index (χ1v) is 4.52. The van der Waals surface area contributed by atoms with Gasteiger partial charge < -0.3 is 15.9 Å². The predicted octanol–water partition coefficient (Wildman–Crippen LogP) is 1.27. The van der Waals surface area contributed by atoms with E-state index in [-0.39, 0.29) is 11.4 Å². The molecular weight excluding hydrogens is 250 g/mol. The third-order valence-electron chi connectivity index (χ3n) is 1.81. The minimum atomic E-state index is -0.689. The van der Waals surface area contributed by atoms with Crippen molar-refractivity contribution < 1.29 is 9.21 Å². The average Bonchev–Trinajstić information content (AvgIpc) is 2.45. The summed E-state index contributed by atoms with van der Waals surface area (Å²) in [5.74, 6) is -0.723. The van der Waals surface area contributed by atoms with Crippen LogP contribution in [-0.2, 0) is 0 Å². The highest BCUT2D eigenvalue weighted by atomic mass is 79.9. The molecule has 0 aliphatic heterocycles. The van der Waals surface area contributed by atoms with E-state index in [0.717, 1.165) is 0 Å². The van der Waals surface area contributed by atoms with Crippen molar-refractivity contribution in [1.82, 2.24) is 4.98 Å². The number of halogens is 1. The molecule has 14 heavy (non-hydrogen) atoms. The van der Waals surface area contributed by atoms with Gasteiger partial charge in [-0.25, -0.2) is 0 Å². The molecule has 6 heteroatoms. The second-order valence-electron chi connectivity index (χ2n) is 2.70. The largest absolute Gasteiger partial charge is 0.447 e. The number of fused-ring (bicyclic) bond motifs is 1. The first kappa shape index (κ1) is 9.01. The van der Waals surface area contributed by atoms with Gasteiger partial charge in [0.25, 0.3) is 5.91 Å². The smallest absolute Gasteiger partial charge is 0.286 e. The van der Waals surface area contributed by atoms with Crippen molar-refractivity contribution >= 4 is 38.5 Å². The predicted molar refractivity (Wildman–Crippen MR) is 54.6 cm³/mol. The number of nitrogens with zero attached hydrogens (tertiary/aromatic N) is 1. The fraction of sp³-hybridized carbons (Fsp3) is 0. The van der Waals surface area contributed by atoms with Crippen molar-refractivity contribution in [3.05, 3.63) is 22.6 Å². The molecule has 2 aromatic heterocycles. The standard InChI is InChI=1S/C8H6BrN3O2/c9-3-1-12-2-4-5(3)6(10)7(14-4)8(11)13/h1-2H,10H2,(H2,11,13). The Bertz CT molecular complexity index is 521. The number of hydrogen-bond acceptors (Lipinski definition) is 4. The fourth-order valence-electron chi connectivity index (χ4n) is 1.22. The number of rotatable bonds is 1. The number of hydrogen-bond donors (Lipinski definition) is 2. The molecular formula is C8H6BrN3O2. The van der Waals surface area contributed by atoms with Gasteiger partial charge in [0.2, 0.25) is 5.76 Å². The zero-order valence-electron chi connectivity index (χ0n) is 6.95. The molecule has 0 aliphatic rings. The van der Waals surface area contributed by atoms with Crippen molar-refractivity contribution in [2.24, 2.45) is 5.73 Å². The van der Waals surface area contributed by atoms with Crippen molar-refractivity contribution in [1.29, 1.82) is 0 Å². The lowest BCUT2D eigenvalue weighted by Crippen LogP contribution is -2.11. The Labute approximate surface area is 87.2 Å². The molecule has 0 atom stereocenters. The van der Waals surface area contributed by atoms with Crippen LogP contribution in [0.1, 0.15) is 10.6 Å². The van der Waals surface area contributed by atoms with Crippen molar-refractivity contribution in [3.8, 4) is 0 Å². The Morgan fingerprint density at radius 3 is 2.79 bits per heavy atom. The number of primary amides is 1. The lowest BCUT2D eigenvalue weighted by atomic mass is 10.2. The molecule has 5 nitrogen and oxygen atoms in total. The molecule has 0 saturated carbocycles. The van der Waals surface area contributed by atoms with Crippen LogP contribution in [0.5, 0.6) is 0 Å². The molecule has 2 heterocycles. The van der Waals surface area contributed by atoms with Crippen LogP contribution in [-0.4, -0.2) is 10.9 Å². The summed E-state index contributed by atoms with van der Waals surface area (Å²) in [4.78, 5) is 14.8. The summed E-state index contributed by atoms with van der Waals surface area (Å²) in [5.41, 5.74) is 11.4. The number of carbonyl (C=O) groups is 1. The van der Waals surface area contributed by atoms with Gasteiger partial charge in [0.1, 0.15) is 0 Å². The van der Waals surface area contributed by atoms with Crippen LogP contribution in [0.2, 0.25) is 0 Å². The van der Waals surface area contributed by atoms with Crippen LogP contribution in [0.3, 0.4) is 0 Å². The highest BCUT2D eigenvalue weighted by Gasteiger charge is 2.17. The van der Waals surface area contributed by atoms with Gasteiger partial charge in [0.05, 0.1) is 17.3 Å². The van der Waals surface area contributed by atoms with E-state index in [0.29, 0.717) is 15.4 Å². The van der Waals surface area contributed by atoms with Crippen molar-refractivity contribution in [2.75, 3.05) is 5.73 Å². The van der Waals surface area contributed by atoms with Crippen LogP contribution < -0.4 is 11.5 Å². The highest BCUT2D eigenvalue weighted by Crippen LogP contribution is 2.32. The summed E-state index contributed by atoms with van der Waals surface area (Å²) >= 11 is 3.26. The number of pyridine rings is 1. The highest BCUT2D eigenvalue weighted by molar-refractivity contribution is 9.10. The lowest BCUT2D eigenvalue weighted by Gasteiger charge is -1.92. The summed E-state index contributed by atoms with van der Waals surface area (Å²) in [6, 6.07) is 0. The summed E-state index contributed by atoms with van der Waals surface area (Å²) < 4.78 is 5.82. The Balaban J connectivity index is 2.87. The zero-order valence-corrected chi connectivity index (χ0v) is 8.54. The first-order chi connectivity index (χ1) is 6.61. The van der Waals surface area contributed by atoms with E-state index in [9.17, 15) is 4.79 Å². The maximum Gasteiger partial charge on any atom is 0.286 e. The number of anilines is 1. The summed E-state index contributed by atoms with van der Waals surface area (Å²) in [6.45, 7) is 0. The minimum absolute atomic E-state index is 0.0336. The molecule has 0 unspecified atom stereocenters. The molecule has 4 N–H and O–H groups in total. The number of nitrogen functional groups attached to an aromatic ring is 1. The normalized spacial score (nSPS) is 10.6. The minimum Gasteiger partial charge on any atom is -0.447 e. The third kappa shape index (κ3) is 1.15. The summed E-state index contributed by atoms with van der Waals surface area (Å²) in [5, 5.41) is 0.619. The second-order valence-corrected chi connectivity index (χ2v) is 3.56. The van der Waals surface area contributed by atoms with Gasteiger partial charge in [-0.2, -0.15) is 0 Å². The second kappa shape index (κ2) is 2.98. The molecule has 0 bridgehead atoms. The maximum atomic E-state index is 10.9. The number of nitrogens with two attached hydrogens (primary N) is 2. The Kier molecular flexibility index (Phi) is 1.92. The van der Waals surface area contributed by atoms with Gasteiger partial charge in [-0.3, -0.25) is 9.78 Å². The zero-order chi connectivity index (χ0) is 10.3. The van der Waals surface area contributed by atoms with Crippen LogP contribution >= 0.6 is 15.9 Å². The van der Waals surface area contributed by atoms with E-state index in [1.807, 2.05) is 0 Å². The van der Waals surface area contributed by atoms with E-state index in [4.69, 9.17) is 15.9 Å². The summed E-state index contributed by atoms with van der Waals surface area (Å²) in [7, 11) is 0. The van der Waals surface area contributed by atoms with Crippen LogP contribution in [0.4, 0.5) is 5.69 Å². The van der Waals surface area contributed by atoms with Gasteiger partial charge >= 0.3 is 0 Å². The Hall–Kier alpha value is -1.56. The summed E-state index contributed by atoms with van der Waals surface area (Å²) in [6.07, 6.45) is 3.04. The van der Waals surface area contributed by atoms with Gasteiger partial charge in [-0.1, -0.05) is 0 Å². The van der Waals surface area contributed by atoms with Crippen LogP contribution in [0, 0.1) is 0 Å².